The zero-order chi connectivity index (χ0) is 23.3. The SMILES string of the molecule is O=C(NC1CCN(c2c(F)cc3c(=O)c(C(=O)O)cn(C4CC4)c3c2Cl)C1)c1cccnc1. The second kappa shape index (κ2) is 8.15. The number of benzene rings is 1. The van der Waals surface area contributed by atoms with E-state index in [1.807, 2.05) is 0 Å². The van der Waals surface area contributed by atoms with Crippen LogP contribution < -0.4 is 15.6 Å². The van der Waals surface area contributed by atoms with Gasteiger partial charge in [-0.25, -0.2) is 9.18 Å². The molecule has 2 aliphatic rings. The van der Waals surface area contributed by atoms with Crippen LogP contribution in [-0.4, -0.2) is 45.7 Å². The summed E-state index contributed by atoms with van der Waals surface area (Å²) in [6, 6.07) is 4.22. The van der Waals surface area contributed by atoms with Gasteiger partial charge in [-0.2, -0.15) is 0 Å². The lowest BCUT2D eigenvalue weighted by molar-refractivity contribution is 0.0694. The molecule has 1 saturated heterocycles. The van der Waals surface area contributed by atoms with Crippen molar-refractivity contribution < 1.29 is 19.1 Å². The van der Waals surface area contributed by atoms with E-state index in [4.69, 9.17) is 11.6 Å². The van der Waals surface area contributed by atoms with Crippen LogP contribution in [0.3, 0.4) is 0 Å². The lowest BCUT2D eigenvalue weighted by Gasteiger charge is -2.23. The average molecular weight is 471 g/mol. The Morgan fingerprint density at radius 1 is 1.27 bits per heavy atom. The standard InChI is InChI=1S/C23H20ClFN4O4/c24-18-19-15(21(30)16(23(32)33)11-29(19)14-3-4-14)8-17(25)20(18)28-7-5-13(10-28)27-22(31)12-2-1-6-26-9-12/h1-2,6,8-9,11,13-14H,3-5,7,10H2,(H,27,31)(H,32,33). The van der Waals surface area contributed by atoms with Gasteiger partial charge in [-0.05, 0) is 37.5 Å². The Kier molecular flexibility index (Phi) is 5.28. The van der Waals surface area contributed by atoms with Crippen molar-refractivity contribution in [2.75, 3.05) is 18.0 Å². The normalized spacial score (nSPS) is 18.0. The molecule has 1 aromatic carbocycles. The van der Waals surface area contributed by atoms with Crippen molar-refractivity contribution in [3.63, 3.8) is 0 Å². The molecule has 2 N–H and O–H groups in total. The molecule has 1 aliphatic heterocycles. The minimum atomic E-state index is -1.36. The molecule has 170 valence electrons. The highest BCUT2D eigenvalue weighted by atomic mass is 35.5. The molecular formula is C23H20ClFN4O4. The predicted octanol–water partition coefficient (Wildman–Crippen LogP) is 3.23. The molecule has 1 amide bonds. The van der Waals surface area contributed by atoms with Crippen LogP contribution in [0.4, 0.5) is 10.1 Å². The summed E-state index contributed by atoms with van der Waals surface area (Å²) in [5, 5.41) is 12.4. The van der Waals surface area contributed by atoms with Gasteiger partial charge in [-0.15, -0.1) is 0 Å². The van der Waals surface area contributed by atoms with Gasteiger partial charge in [-0.1, -0.05) is 11.6 Å². The smallest absolute Gasteiger partial charge is 0.341 e. The average Bonchev–Trinajstić information content (AvgIpc) is 3.54. The minimum absolute atomic E-state index is 0.0205. The van der Waals surface area contributed by atoms with Crippen molar-refractivity contribution in [1.29, 1.82) is 0 Å². The van der Waals surface area contributed by atoms with Gasteiger partial charge in [0.15, 0.2) is 0 Å². The number of carboxylic acids is 1. The number of carbonyl (C=O) groups is 2. The molecule has 3 heterocycles. The molecule has 33 heavy (non-hydrogen) atoms. The van der Waals surface area contributed by atoms with Gasteiger partial charge in [0.1, 0.15) is 11.4 Å². The third kappa shape index (κ3) is 3.82. The molecular weight excluding hydrogens is 451 g/mol. The van der Waals surface area contributed by atoms with Crippen LogP contribution in [0, 0.1) is 5.82 Å². The Morgan fingerprint density at radius 3 is 2.73 bits per heavy atom. The van der Waals surface area contributed by atoms with Gasteiger partial charge in [0.25, 0.3) is 5.91 Å². The van der Waals surface area contributed by atoms with Crippen LogP contribution in [0.2, 0.25) is 5.02 Å². The Bertz CT molecular complexity index is 1340. The Balaban J connectivity index is 1.50. The largest absolute Gasteiger partial charge is 0.477 e. The van der Waals surface area contributed by atoms with Crippen LogP contribution >= 0.6 is 11.6 Å². The molecule has 10 heteroatoms. The van der Waals surface area contributed by atoms with Gasteiger partial charge in [0.2, 0.25) is 5.43 Å². The van der Waals surface area contributed by atoms with Crippen LogP contribution in [0.5, 0.6) is 0 Å². The van der Waals surface area contributed by atoms with Crippen LogP contribution in [0.25, 0.3) is 10.9 Å². The summed E-state index contributed by atoms with van der Waals surface area (Å²) in [5.41, 5.74) is -0.233. The number of anilines is 1. The molecule has 2 fully saturated rings. The number of aromatic carboxylic acids is 1. The maximum absolute atomic E-state index is 15.2. The van der Waals surface area contributed by atoms with Crippen LogP contribution in [-0.2, 0) is 0 Å². The van der Waals surface area contributed by atoms with E-state index in [2.05, 4.69) is 10.3 Å². The zero-order valence-electron chi connectivity index (χ0n) is 17.4. The van der Waals surface area contributed by atoms with E-state index >= 15 is 4.39 Å². The number of halogens is 2. The second-order valence-electron chi connectivity index (χ2n) is 8.38. The number of hydrogen-bond acceptors (Lipinski definition) is 5. The highest BCUT2D eigenvalue weighted by Gasteiger charge is 2.32. The second-order valence-corrected chi connectivity index (χ2v) is 8.76. The summed E-state index contributed by atoms with van der Waals surface area (Å²) in [7, 11) is 0. The predicted molar refractivity (Wildman–Crippen MR) is 121 cm³/mol. The van der Waals surface area contributed by atoms with Gasteiger partial charge in [0.05, 0.1) is 27.2 Å². The number of pyridine rings is 2. The molecule has 0 radical (unpaired) electrons. The first-order chi connectivity index (χ1) is 15.8. The van der Waals surface area contributed by atoms with Gasteiger partial charge in [0, 0.05) is 43.8 Å². The van der Waals surface area contributed by atoms with Crippen LogP contribution in [0.1, 0.15) is 46.0 Å². The van der Waals surface area contributed by atoms with E-state index in [0.717, 1.165) is 18.9 Å². The Labute approximate surface area is 192 Å². The zero-order valence-corrected chi connectivity index (χ0v) is 18.2. The van der Waals surface area contributed by atoms with E-state index < -0.39 is 22.8 Å². The first-order valence-electron chi connectivity index (χ1n) is 10.6. The number of nitrogens with zero attached hydrogens (tertiary/aromatic N) is 3. The number of hydrogen-bond donors (Lipinski definition) is 2. The Morgan fingerprint density at radius 2 is 2.06 bits per heavy atom. The molecule has 1 aliphatic carbocycles. The van der Waals surface area contributed by atoms with Crippen molar-refractivity contribution in [3.8, 4) is 0 Å². The molecule has 1 atom stereocenters. The first-order valence-corrected chi connectivity index (χ1v) is 11.0. The summed E-state index contributed by atoms with van der Waals surface area (Å²) in [4.78, 5) is 42.4. The molecule has 3 aromatic rings. The highest BCUT2D eigenvalue weighted by molar-refractivity contribution is 6.38. The maximum Gasteiger partial charge on any atom is 0.341 e. The summed E-state index contributed by atoms with van der Waals surface area (Å²) < 4.78 is 16.9. The molecule has 2 aromatic heterocycles. The van der Waals surface area contributed by atoms with Crippen LogP contribution in [0.15, 0.2) is 41.6 Å². The number of nitrogens with one attached hydrogen (secondary N) is 1. The molecule has 0 bridgehead atoms. The first kappa shape index (κ1) is 21.4. The maximum atomic E-state index is 15.2. The number of carbonyl (C=O) groups excluding carboxylic acids is 1. The van der Waals surface area contributed by atoms with Crippen molar-refractivity contribution >= 4 is 40.1 Å². The Hall–Kier alpha value is -3.46. The van der Waals surface area contributed by atoms with Crippen molar-refractivity contribution in [2.45, 2.75) is 31.3 Å². The fraction of sp³-hybridized carbons (Fsp3) is 0.304. The van der Waals surface area contributed by atoms with Gasteiger partial charge < -0.3 is 19.9 Å². The third-order valence-electron chi connectivity index (χ3n) is 6.12. The number of carboxylic acid groups (broad SMARTS) is 1. The fourth-order valence-corrected chi connectivity index (χ4v) is 4.77. The summed E-state index contributed by atoms with van der Waals surface area (Å²) in [6.07, 6.45) is 6.61. The van der Waals surface area contributed by atoms with Crippen molar-refractivity contribution in [1.82, 2.24) is 14.9 Å². The topological polar surface area (TPSA) is 105 Å². The molecule has 0 spiro atoms. The third-order valence-corrected chi connectivity index (χ3v) is 6.48. The van der Waals surface area contributed by atoms with Crippen molar-refractivity contribution in [3.05, 3.63) is 69.0 Å². The van der Waals surface area contributed by atoms with E-state index in [9.17, 15) is 19.5 Å². The molecule has 1 unspecified atom stereocenters. The summed E-state index contributed by atoms with van der Waals surface area (Å²) >= 11 is 6.67. The quantitative estimate of drug-likeness (QED) is 0.593. The molecule has 1 saturated carbocycles. The number of rotatable bonds is 5. The van der Waals surface area contributed by atoms with E-state index in [-0.39, 0.29) is 34.1 Å². The van der Waals surface area contributed by atoms with Gasteiger partial charge >= 0.3 is 5.97 Å². The number of amides is 1. The molecule has 8 nitrogen and oxygen atoms in total. The molecule has 5 rings (SSSR count). The fourth-order valence-electron chi connectivity index (χ4n) is 4.36. The van der Waals surface area contributed by atoms with E-state index in [1.165, 1.54) is 12.4 Å². The van der Waals surface area contributed by atoms with Gasteiger partial charge in [-0.3, -0.25) is 14.6 Å². The lowest BCUT2D eigenvalue weighted by Crippen LogP contribution is -2.37. The highest BCUT2D eigenvalue weighted by Crippen LogP contribution is 2.42. The summed E-state index contributed by atoms with van der Waals surface area (Å²) in [6.45, 7) is 0.802. The number of fused-ring (bicyclic) bond motifs is 1. The number of aromatic nitrogens is 2. The lowest BCUT2D eigenvalue weighted by atomic mass is 10.1. The monoisotopic (exact) mass is 470 g/mol. The van der Waals surface area contributed by atoms with E-state index in [1.54, 1.807) is 27.8 Å². The van der Waals surface area contributed by atoms with E-state index in [0.29, 0.717) is 30.6 Å². The van der Waals surface area contributed by atoms with Crippen molar-refractivity contribution in [2.24, 2.45) is 0 Å². The minimum Gasteiger partial charge on any atom is -0.477 e. The summed E-state index contributed by atoms with van der Waals surface area (Å²) in [5.74, 6) is -2.32.